The number of nitrogens with zero attached hydrogens (tertiary/aromatic N) is 5. The average molecular weight is 590 g/mol. The number of aryl methyl sites for hydroxylation is 2. The zero-order chi connectivity index (χ0) is 31.1. The van der Waals surface area contributed by atoms with Crippen molar-refractivity contribution < 1.29 is 0 Å². The molecule has 1 aliphatic rings. The first-order valence-electron chi connectivity index (χ1n) is 16.5. The van der Waals surface area contributed by atoms with Gasteiger partial charge in [0.05, 0.1) is 22.6 Å². The topological polar surface area (TPSA) is 63.4 Å². The molecule has 5 rings (SSSR count). The van der Waals surface area contributed by atoms with E-state index >= 15 is 0 Å². The maximum atomic E-state index is 13.4. The number of para-hydroxylation sites is 1. The van der Waals surface area contributed by atoms with Crippen molar-refractivity contribution >= 4 is 17.4 Å². The lowest BCUT2D eigenvalue weighted by atomic mass is 9.84. The first-order valence-corrected chi connectivity index (χ1v) is 16.5. The van der Waals surface area contributed by atoms with Gasteiger partial charge in [-0.1, -0.05) is 103 Å². The predicted octanol–water partition coefficient (Wildman–Crippen LogP) is 7.90. The maximum Gasteiger partial charge on any atom is 0.283 e. The lowest BCUT2D eigenvalue weighted by molar-refractivity contribution is 0.591. The van der Waals surface area contributed by atoms with Crippen LogP contribution in [0, 0.1) is 6.92 Å². The van der Waals surface area contributed by atoms with Crippen LogP contribution >= 0.6 is 0 Å². The molecule has 1 aliphatic heterocycles. The van der Waals surface area contributed by atoms with Crippen LogP contribution in [-0.2, 0) is 11.8 Å². The molecular weight excluding hydrogens is 542 g/mol. The molecule has 4 heterocycles. The lowest BCUT2D eigenvalue weighted by Crippen LogP contribution is -2.27. The van der Waals surface area contributed by atoms with Crippen molar-refractivity contribution in [1.82, 2.24) is 19.6 Å². The highest BCUT2D eigenvalue weighted by molar-refractivity contribution is 5.71. The number of fused-ring (bicyclic) bond motifs is 2. The van der Waals surface area contributed by atoms with E-state index < -0.39 is 0 Å². The number of aromatic nitrogens is 4. The molecule has 230 valence electrons. The van der Waals surface area contributed by atoms with Gasteiger partial charge < -0.3 is 4.90 Å². The van der Waals surface area contributed by atoms with E-state index in [2.05, 4.69) is 85.1 Å². The highest BCUT2D eigenvalue weighted by Crippen LogP contribution is 2.47. The normalized spacial score (nSPS) is 15.7. The molecule has 3 aromatic heterocycles. The van der Waals surface area contributed by atoms with E-state index in [-0.39, 0.29) is 11.0 Å². The number of anilines is 1. The molecule has 0 saturated carbocycles. The molecule has 44 heavy (non-hydrogen) atoms. The van der Waals surface area contributed by atoms with Crippen molar-refractivity contribution in [3.63, 3.8) is 0 Å². The fourth-order valence-corrected chi connectivity index (χ4v) is 6.47. The van der Waals surface area contributed by atoms with Gasteiger partial charge in [-0.2, -0.15) is 10.1 Å². The number of hydrogen-bond acceptors (Lipinski definition) is 5. The molecule has 0 amide bonds. The summed E-state index contributed by atoms with van der Waals surface area (Å²) in [7, 11) is 0. The maximum absolute atomic E-state index is 13.4. The highest BCUT2D eigenvalue weighted by atomic mass is 16.1. The Hall–Kier alpha value is -4.06. The van der Waals surface area contributed by atoms with Crippen LogP contribution in [0.3, 0.4) is 0 Å². The lowest BCUT2D eigenvalue weighted by Gasteiger charge is -2.27. The van der Waals surface area contributed by atoms with Gasteiger partial charge in [-0.3, -0.25) is 9.78 Å². The third kappa shape index (κ3) is 6.40. The van der Waals surface area contributed by atoms with Gasteiger partial charge in [0.2, 0.25) is 0 Å². The van der Waals surface area contributed by atoms with Crippen molar-refractivity contribution in [3.8, 4) is 11.3 Å². The van der Waals surface area contributed by atoms with Gasteiger partial charge in [-0.25, -0.2) is 4.52 Å². The molecule has 6 heteroatoms. The summed E-state index contributed by atoms with van der Waals surface area (Å²) < 4.78 is 1.87. The Bertz CT molecular complexity index is 1750. The Morgan fingerprint density at radius 3 is 2.36 bits per heavy atom. The zero-order valence-electron chi connectivity index (χ0n) is 27.1. The summed E-state index contributed by atoms with van der Waals surface area (Å²) in [5.41, 5.74) is 7.21. The molecule has 6 nitrogen and oxygen atoms in total. The van der Waals surface area contributed by atoms with E-state index in [0.717, 1.165) is 42.4 Å². The predicted molar refractivity (Wildman–Crippen MR) is 183 cm³/mol. The molecule has 0 spiro atoms. The summed E-state index contributed by atoms with van der Waals surface area (Å²) >= 11 is 0. The Morgan fingerprint density at radius 2 is 1.59 bits per heavy atom. The van der Waals surface area contributed by atoms with E-state index in [0.29, 0.717) is 16.9 Å². The summed E-state index contributed by atoms with van der Waals surface area (Å²) in [6.45, 7) is 12.1. The number of hydrogen-bond donors (Lipinski definition) is 0. The molecule has 0 bridgehead atoms. The smallest absolute Gasteiger partial charge is 0.283 e. The SMILES string of the molecule is CCCCCCCCN1/C(=C/C=C/C=c2/c(C)nn3c(CCCC)c(-c4ccccn4)c(=O)nc23)C(C)(C)c2ccccc21. The van der Waals surface area contributed by atoms with Crippen LogP contribution in [0.15, 0.2) is 77.4 Å². The third-order valence-electron chi connectivity index (χ3n) is 8.90. The number of benzene rings is 1. The van der Waals surface area contributed by atoms with E-state index in [9.17, 15) is 4.79 Å². The molecule has 0 radical (unpaired) electrons. The second kappa shape index (κ2) is 14.1. The van der Waals surface area contributed by atoms with Crippen LogP contribution in [0.2, 0.25) is 0 Å². The Labute approximate surface area is 262 Å². The molecule has 0 aliphatic carbocycles. The van der Waals surface area contributed by atoms with E-state index in [1.807, 2.05) is 35.7 Å². The first kappa shape index (κ1) is 31.4. The van der Waals surface area contributed by atoms with Crippen LogP contribution in [-0.4, -0.2) is 26.1 Å². The summed E-state index contributed by atoms with van der Waals surface area (Å²) in [6.07, 6.45) is 20.6. The van der Waals surface area contributed by atoms with Crippen molar-refractivity contribution in [2.45, 2.75) is 97.8 Å². The molecule has 0 saturated heterocycles. The van der Waals surface area contributed by atoms with E-state index in [1.165, 1.54) is 55.5 Å². The van der Waals surface area contributed by atoms with Gasteiger partial charge in [0.1, 0.15) is 0 Å². The van der Waals surface area contributed by atoms with Crippen LogP contribution in [0.25, 0.3) is 23.0 Å². The average Bonchev–Trinajstić information content (AvgIpc) is 3.45. The van der Waals surface area contributed by atoms with Crippen molar-refractivity contribution in [2.75, 3.05) is 11.4 Å². The summed E-state index contributed by atoms with van der Waals surface area (Å²) in [5.74, 6) is 0. The van der Waals surface area contributed by atoms with Gasteiger partial charge >= 0.3 is 0 Å². The summed E-state index contributed by atoms with van der Waals surface area (Å²) in [6, 6.07) is 14.5. The third-order valence-corrected chi connectivity index (χ3v) is 8.90. The van der Waals surface area contributed by atoms with Crippen LogP contribution in [0.1, 0.15) is 96.0 Å². The van der Waals surface area contributed by atoms with Crippen molar-refractivity contribution in [1.29, 1.82) is 0 Å². The van der Waals surface area contributed by atoms with Crippen LogP contribution in [0.5, 0.6) is 0 Å². The molecular formula is C38H47N5O. The quantitative estimate of drug-likeness (QED) is 0.148. The second-order valence-electron chi connectivity index (χ2n) is 12.5. The molecule has 0 unspecified atom stereocenters. The Balaban J connectivity index is 1.48. The van der Waals surface area contributed by atoms with Crippen molar-refractivity contribution in [2.24, 2.45) is 0 Å². The van der Waals surface area contributed by atoms with Gasteiger partial charge in [0.25, 0.3) is 5.56 Å². The molecule has 1 aromatic carbocycles. The van der Waals surface area contributed by atoms with Gasteiger partial charge in [-0.05, 0) is 62.1 Å². The number of pyridine rings is 1. The van der Waals surface area contributed by atoms with E-state index in [1.54, 1.807) is 6.20 Å². The van der Waals surface area contributed by atoms with E-state index in [4.69, 9.17) is 5.10 Å². The molecule has 0 atom stereocenters. The fourth-order valence-electron chi connectivity index (χ4n) is 6.47. The monoisotopic (exact) mass is 589 g/mol. The number of allylic oxidation sites excluding steroid dienone is 4. The van der Waals surface area contributed by atoms with Gasteiger partial charge in [-0.15, -0.1) is 0 Å². The first-order chi connectivity index (χ1) is 21.4. The largest absolute Gasteiger partial charge is 0.344 e. The summed E-state index contributed by atoms with van der Waals surface area (Å²) in [4.78, 5) is 24.9. The van der Waals surface area contributed by atoms with Crippen LogP contribution in [0.4, 0.5) is 5.69 Å². The minimum absolute atomic E-state index is 0.0848. The number of unbranched alkanes of at least 4 members (excludes halogenated alkanes) is 6. The molecule has 0 N–H and O–H groups in total. The van der Waals surface area contributed by atoms with Crippen molar-refractivity contribution in [3.05, 3.63) is 105 Å². The highest BCUT2D eigenvalue weighted by Gasteiger charge is 2.39. The standard InChI is InChI=1S/C38H47N5O/c1-6-8-10-11-12-19-27-42-32-24-15-14-21-30(32)38(4,5)34(42)25-16-13-20-29-28(3)41-43-33(23-9-7-2)35(37(44)40-36(29)43)31-22-17-18-26-39-31/h13-18,20-22,24-26H,6-12,19,23,27H2,1-5H3/b16-13+,29-20-,34-25+. The Morgan fingerprint density at radius 1 is 0.864 bits per heavy atom. The zero-order valence-corrected chi connectivity index (χ0v) is 27.1. The fraction of sp³-hybridized carbons (Fsp3) is 0.421. The molecule has 0 fully saturated rings. The minimum atomic E-state index is -0.251. The number of rotatable bonds is 13. The minimum Gasteiger partial charge on any atom is -0.344 e. The second-order valence-corrected chi connectivity index (χ2v) is 12.5. The van der Waals surface area contributed by atoms with Gasteiger partial charge in [0, 0.05) is 34.8 Å². The summed E-state index contributed by atoms with van der Waals surface area (Å²) in [5, 5.41) is 5.75. The molecule has 4 aromatic rings. The van der Waals surface area contributed by atoms with Crippen LogP contribution < -0.4 is 15.7 Å². The van der Waals surface area contributed by atoms with Gasteiger partial charge in [0.15, 0.2) is 5.65 Å². The Kier molecular flexibility index (Phi) is 10.1.